The molecule has 0 atom stereocenters. The predicted octanol–water partition coefficient (Wildman–Crippen LogP) is 2.62. The van der Waals surface area contributed by atoms with Gasteiger partial charge < -0.3 is 9.47 Å². The van der Waals surface area contributed by atoms with E-state index >= 15 is 0 Å². The molecular weight excluding hydrogens is 422 g/mol. The van der Waals surface area contributed by atoms with Crippen molar-refractivity contribution in [2.24, 2.45) is 0 Å². The molecule has 0 spiro atoms. The van der Waals surface area contributed by atoms with Crippen LogP contribution in [0.1, 0.15) is 5.56 Å². The predicted molar refractivity (Wildman–Crippen MR) is 74.1 cm³/mol. The van der Waals surface area contributed by atoms with E-state index in [1.54, 1.807) is 7.11 Å². The van der Waals surface area contributed by atoms with E-state index in [2.05, 4.69) is 49.9 Å². The fourth-order valence-corrected chi connectivity index (χ4v) is 3.39. The summed E-state index contributed by atoms with van der Waals surface area (Å²) in [5, 5.41) is 0. The third-order valence-electron chi connectivity index (χ3n) is 1.85. The minimum absolute atomic E-state index is 0.243. The van der Waals surface area contributed by atoms with E-state index in [0.717, 1.165) is 18.5 Å². The van der Waals surface area contributed by atoms with E-state index in [0.29, 0.717) is 0 Å². The maximum absolute atomic E-state index is 11.2. The Bertz CT molecular complexity index is 377. The second-order valence-corrected chi connectivity index (χ2v) is 5.24. The molecule has 0 aromatic heterocycles. The summed E-state index contributed by atoms with van der Waals surface area (Å²) in [6.07, 6.45) is 0.243. The Kier molecular flexibility index (Phi) is 5.10. The summed E-state index contributed by atoms with van der Waals surface area (Å²) < 4.78 is 12.0. The van der Waals surface area contributed by atoms with Crippen molar-refractivity contribution < 1.29 is 14.3 Å². The highest BCUT2D eigenvalue weighted by molar-refractivity contribution is 14.1. The van der Waals surface area contributed by atoms with Crippen molar-refractivity contribution in [1.82, 2.24) is 0 Å². The van der Waals surface area contributed by atoms with Gasteiger partial charge in [0.15, 0.2) is 0 Å². The number of hydrogen-bond acceptors (Lipinski definition) is 3. The number of rotatable bonds is 3. The molecule has 0 saturated heterocycles. The van der Waals surface area contributed by atoms with Gasteiger partial charge in [0, 0.05) is 9.13 Å². The van der Waals surface area contributed by atoms with Crippen LogP contribution in [0, 0.1) is 7.14 Å². The van der Waals surface area contributed by atoms with Gasteiger partial charge in [-0.2, -0.15) is 0 Å². The summed E-state index contributed by atoms with van der Waals surface area (Å²) in [4.78, 5) is 11.2. The lowest BCUT2D eigenvalue weighted by atomic mass is 10.1. The van der Waals surface area contributed by atoms with E-state index in [-0.39, 0.29) is 12.4 Å². The summed E-state index contributed by atoms with van der Waals surface area (Å²) >= 11 is 4.40. The molecule has 0 heterocycles. The third-order valence-corrected chi connectivity index (χ3v) is 3.28. The quantitative estimate of drug-likeness (QED) is 0.545. The topological polar surface area (TPSA) is 35.5 Å². The van der Waals surface area contributed by atoms with Crippen molar-refractivity contribution in [3.05, 3.63) is 24.8 Å². The largest absolute Gasteiger partial charge is 0.495 e. The number of benzene rings is 1. The van der Waals surface area contributed by atoms with Gasteiger partial charge in [-0.3, -0.25) is 4.79 Å². The molecule has 0 saturated carbocycles. The van der Waals surface area contributed by atoms with Crippen LogP contribution in [-0.4, -0.2) is 20.2 Å². The average Bonchev–Trinajstić information content (AvgIpc) is 2.17. The van der Waals surface area contributed by atoms with Crippen LogP contribution < -0.4 is 4.74 Å². The number of methoxy groups -OCH3 is 2. The molecular formula is C10H10I2O3. The highest BCUT2D eigenvalue weighted by Gasteiger charge is 2.12. The molecule has 0 N–H and O–H groups in total. The van der Waals surface area contributed by atoms with Crippen molar-refractivity contribution in [3.8, 4) is 5.75 Å². The molecule has 1 aromatic rings. The first-order chi connectivity index (χ1) is 7.08. The van der Waals surface area contributed by atoms with Gasteiger partial charge in [-0.25, -0.2) is 0 Å². The molecule has 1 rings (SSSR count). The fourth-order valence-electron chi connectivity index (χ4n) is 1.20. The molecule has 15 heavy (non-hydrogen) atoms. The zero-order chi connectivity index (χ0) is 11.4. The molecule has 1 aromatic carbocycles. The molecule has 0 bridgehead atoms. The van der Waals surface area contributed by atoms with E-state index in [4.69, 9.17) is 4.74 Å². The number of halogens is 2. The van der Waals surface area contributed by atoms with Crippen LogP contribution in [0.25, 0.3) is 0 Å². The Hall–Kier alpha value is -0.0500. The zero-order valence-corrected chi connectivity index (χ0v) is 12.7. The van der Waals surface area contributed by atoms with Gasteiger partial charge in [-0.15, -0.1) is 0 Å². The average molecular weight is 432 g/mol. The molecule has 0 amide bonds. The van der Waals surface area contributed by atoms with Gasteiger partial charge in [-0.05, 0) is 57.3 Å². The molecule has 0 aliphatic carbocycles. The van der Waals surface area contributed by atoms with Crippen LogP contribution in [0.15, 0.2) is 12.1 Å². The second-order valence-electron chi connectivity index (χ2n) is 2.83. The van der Waals surface area contributed by atoms with Crippen molar-refractivity contribution >= 4 is 51.2 Å². The molecule has 0 radical (unpaired) electrons. The minimum Gasteiger partial charge on any atom is -0.495 e. The van der Waals surface area contributed by atoms with Crippen LogP contribution >= 0.6 is 45.2 Å². The van der Waals surface area contributed by atoms with Crippen LogP contribution in [0.2, 0.25) is 0 Å². The van der Waals surface area contributed by atoms with Crippen molar-refractivity contribution in [3.63, 3.8) is 0 Å². The molecule has 3 nitrogen and oxygen atoms in total. The Morgan fingerprint density at radius 3 is 2.53 bits per heavy atom. The second kappa shape index (κ2) is 5.88. The lowest BCUT2D eigenvalue weighted by Crippen LogP contribution is -2.07. The van der Waals surface area contributed by atoms with Crippen LogP contribution in [0.4, 0.5) is 0 Å². The van der Waals surface area contributed by atoms with E-state index < -0.39 is 0 Å². The monoisotopic (exact) mass is 432 g/mol. The van der Waals surface area contributed by atoms with Gasteiger partial charge in [0.05, 0.1) is 24.2 Å². The summed E-state index contributed by atoms with van der Waals surface area (Å²) in [5.41, 5.74) is 0.862. The third kappa shape index (κ3) is 3.47. The number of esters is 1. The SMILES string of the molecule is COC(=O)Cc1cc(I)cc(I)c1OC. The highest BCUT2D eigenvalue weighted by Crippen LogP contribution is 2.28. The smallest absolute Gasteiger partial charge is 0.310 e. The summed E-state index contributed by atoms with van der Waals surface area (Å²) in [7, 11) is 2.98. The molecule has 5 heteroatoms. The van der Waals surface area contributed by atoms with Crippen LogP contribution in [0.5, 0.6) is 5.75 Å². The molecule has 0 unspecified atom stereocenters. The lowest BCUT2D eigenvalue weighted by Gasteiger charge is -2.10. The van der Waals surface area contributed by atoms with E-state index in [1.807, 2.05) is 12.1 Å². The minimum atomic E-state index is -0.258. The van der Waals surface area contributed by atoms with Gasteiger partial charge in [0.25, 0.3) is 0 Å². The van der Waals surface area contributed by atoms with Gasteiger partial charge >= 0.3 is 5.97 Å². The van der Waals surface area contributed by atoms with Crippen molar-refractivity contribution in [2.45, 2.75) is 6.42 Å². The van der Waals surface area contributed by atoms with Crippen molar-refractivity contribution in [2.75, 3.05) is 14.2 Å². The lowest BCUT2D eigenvalue weighted by molar-refractivity contribution is -0.139. The highest BCUT2D eigenvalue weighted by atomic mass is 127. The number of carbonyl (C=O) groups is 1. The molecule has 0 aliphatic heterocycles. The summed E-state index contributed by atoms with van der Waals surface area (Å²) in [6, 6.07) is 3.93. The van der Waals surface area contributed by atoms with Gasteiger partial charge in [0.2, 0.25) is 0 Å². The van der Waals surface area contributed by atoms with Gasteiger partial charge in [-0.1, -0.05) is 0 Å². The molecule has 82 valence electrons. The van der Waals surface area contributed by atoms with Crippen molar-refractivity contribution in [1.29, 1.82) is 0 Å². The Morgan fingerprint density at radius 1 is 1.33 bits per heavy atom. The fraction of sp³-hybridized carbons (Fsp3) is 0.300. The maximum atomic E-state index is 11.2. The molecule has 0 fully saturated rings. The Balaban J connectivity index is 3.09. The first-order valence-corrected chi connectivity index (χ1v) is 6.33. The summed E-state index contributed by atoms with van der Waals surface area (Å²) in [5.74, 6) is 0.493. The first-order valence-electron chi connectivity index (χ1n) is 4.17. The number of carbonyl (C=O) groups excluding carboxylic acids is 1. The number of ether oxygens (including phenoxy) is 2. The number of hydrogen-bond donors (Lipinski definition) is 0. The van der Waals surface area contributed by atoms with Crippen LogP contribution in [0.3, 0.4) is 0 Å². The molecule has 0 aliphatic rings. The van der Waals surface area contributed by atoms with E-state index in [9.17, 15) is 4.79 Å². The summed E-state index contributed by atoms with van der Waals surface area (Å²) in [6.45, 7) is 0. The first kappa shape index (κ1) is 13.0. The van der Waals surface area contributed by atoms with E-state index in [1.165, 1.54) is 7.11 Å². The maximum Gasteiger partial charge on any atom is 0.310 e. The standard InChI is InChI=1S/C10H10I2O3/c1-14-9(13)4-6-3-7(11)5-8(12)10(6)15-2/h3,5H,4H2,1-2H3. The Labute approximate surface area is 116 Å². The Morgan fingerprint density at radius 2 is 2.00 bits per heavy atom. The normalized spacial score (nSPS) is 9.87. The van der Waals surface area contributed by atoms with Gasteiger partial charge in [0.1, 0.15) is 5.75 Å². The van der Waals surface area contributed by atoms with Crippen LogP contribution in [-0.2, 0) is 16.0 Å². The zero-order valence-electron chi connectivity index (χ0n) is 8.34.